The standard InChI is InChI=1S/C13H17NO/c15-12-4-2-1-3-11(12)13-7-5-10(9-13)6-8-14-13/h1-4,10,14-15H,5-9H2. The van der Waals surface area contributed by atoms with Gasteiger partial charge in [0, 0.05) is 11.1 Å². The molecule has 1 heterocycles. The zero-order valence-corrected chi connectivity index (χ0v) is 8.87. The van der Waals surface area contributed by atoms with Crippen molar-refractivity contribution in [2.75, 3.05) is 6.54 Å². The molecule has 2 aliphatic rings. The van der Waals surface area contributed by atoms with Crippen LogP contribution >= 0.6 is 0 Å². The Morgan fingerprint density at radius 3 is 3.00 bits per heavy atom. The van der Waals surface area contributed by atoms with E-state index >= 15 is 0 Å². The molecular weight excluding hydrogens is 186 g/mol. The molecule has 1 aromatic carbocycles. The highest BCUT2D eigenvalue weighted by Crippen LogP contribution is 2.48. The average molecular weight is 203 g/mol. The van der Waals surface area contributed by atoms with Crippen LogP contribution in [0.5, 0.6) is 5.75 Å². The quantitative estimate of drug-likeness (QED) is 0.734. The van der Waals surface area contributed by atoms with Crippen LogP contribution in [0.15, 0.2) is 24.3 Å². The Labute approximate surface area is 90.3 Å². The fourth-order valence-electron chi connectivity index (χ4n) is 3.29. The molecular formula is C13H17NO. The predicted molar refractivity (Wildman–Crippen MR) is 59.7 cm³/mol. The third kappa shape index (κ3) is 1.36. The summed E-state index contributed by atoms with van der Waals surface area (Å²) >= 11 is 0. The van der Waals surface area contributed by atoms with Gasteiger partial charge in [0.25, 0.3) is 0 Å². The lowest BCUT2D eigenvalue weighted by Gasteiger charge is -2.35. The molecule has 0 spiro atoms. The third-order valence-electron chi connectivity index (χ3n) is 4.05. The van der Waals surface area contributed by atoms with Crippen LogP contribution in [0, 0.1) is 5.92 Å². The van der Waals surface area contributed by atoms with Crippen LogP contribution in [0.25, 0.3) is 0 Å². The van der Waals surface area contributed by atoms with E-state index in [9.17, 15) is 5.11 Å². The Balaban J connectivity index is 2.02. The maximum atomic E-state index is 9.94. The molecule has 2 nitrogen and oxygen atoms in total. The third-order valence-corrected chi connectivity index (χ3v) is 4.05. The Morgan fingerprint density at radius 2 is 2.13 bits per heavy atom. The lowest BCUT2D eigenvalue weighted by atomic mass is 9.83. The van der Waals surface area contributed by atoms with Crippen LogP contribution in [-0.2, 0) is 5.54 Å². The van der Waals surface area contributed by atoms with Crippen molar-refractivity contribution in [1.82, 2.24) is 5.32 Å². The number of fused-ring (bicyclic) bond motifs is 2. The van der Waals surface area contributed by atoms with Gasteiger partial charge in [-0.3, -0.25) is 0 Å². The van der Waals surface area contributed by atoms with Gasteiger partial charge < -0.3 is 10.4 Å². The SMILES string of the molecule is Oc1ccccc1C12CCC(CCN1)C2. The van der Waals surface area contributed by atoms with Crippen molar-refractivity contribution < 1.29 is 5.11 Å². The summed E-state index contributed by atoms with van der Waals surface area (Å²) in [7, 11) is 0. The molecule has 2 unspecified atom stereocenters. The van der Waals surface area contributed by atoms with Crippen molar-refractivity contribution in [3.63, 3.8) is 0 Å². The second-order valence-electron chi connectivity index (χ2n) is 4.92. The molecule has 2 heteroatoms. The molecule has 3 rings (SSSR count). The van der Waals surface area contributed by atoms with E-state index in [0.717, 1.165) is 18.0 Å². The second kappa shape index (κ2) is 3.24. The smallest absolute Gasteiger partial charge is 0.120 e. The summed E-state index contributed by atoms with van der Waals surface area (Å²) < 4.78 is 0. The van der Waals surface area contributed by atoms with E-state index in [2.05, 4.69) is 11.4 Å². The van der Waals surface area contributed by atoms with E-state index in [1.54, 1.807) is 6.07 Å². The summed E-state index contributed by atoms with van der Waals surface area (Å²) in [5.74, 6) is 1.32. The number of phenolic OH excluding ortho intramolecular Hbond substituents is 1. The molecule has 1 aliphatic heterocycles. The Bertz CT molecular complexity index is 373. The van der Waals surface area contributed by atoms with Crippen LogP contribution in [0.2, 0.25) is 0 Å². The number of piperidine rings is 1. The van der Waals surface area contributed by atoms with Crippen LogP contribution in [0.4, 0.5) is 0 Å². The highest BCUT2D eigenvalue weighted by atomic mass is 16.3. The van der Waals surface area contributed by atoms with Gasteiger partial charge >= 0.3 is 0 Å². The largest absolute Gasteiger partial charge is 0.508 e. The van der Waals surface area contributed by atoms with Gasteiger partial charge in [-0.15, -0.1) is 0 Å². The van der Waals surface area contributed by atoms with E-state index in [0.29, 0.717) is 5.75 Å². The normalized spacial score (nSPS) is 34.3. The van der Waals surface area contributed by atoms with Crippen molar-refractivity contribution >= 4 is 0 Å². The first-order valence-electron chi connectivity index (χ1n) is 5.84. The molecule has 1 aromatic rings. The minimum absolute atomic E-state index is 0.0776. The number of hydrogen-bond donors (Lipinski definition) is 2. The molecule has 2 fully saturated rings. The maximum absolute atomic E-state index is 9.94. The predicted octanol–water partition coefficient (Wildman–Crippen LogP) is 2.38. The number of benzene rings is 1. The number of rotatable bonds is 1. The Hall–Kier alpha value is -1.02. The summed E-state index contributed by atoms with van der Waals surface area (Å²) in [5.41, 5.74) is 1.18. The number of hydrogen-bond acceptors (Lipinski definition) is 2. The fourth-order valence-corrected chi connectivity index (χ4v) is 3.29. The molecule has 2 atom stereocenters. The summed E-state index contributed by atoms with van der Waals surface area (Å²) in [4.78, 5) is 0. The molecule has 0 amide bonds. The van der Waals surface area contributed by atoms with Gasteiger partial charge in [-0.25, -0.2) is 0 Å². The molecule has 2 N–H and O–H groups in total. The average Bonchev–Trinajstić information content (AvgIpc) is 2.56. The molecule has 15 heavy (non-hydrogen) atoms. The first-order valence-corrected chi connectivity index (χ1v) is 5.84. The maximum Gasteiger partial charge on any atom is 0.120 e. The van der Waals surface area contributed by atoms with E-state index < -0.39 is 0 Å². The summed E-state index contributed by atoms with van der Waals surface area (Å²) in [6.45, 7) is 1.10. The zero-order valence-electron chi connectivity index (χ0n) is 8.87. The van der Waals surface area contributed by atoms with Crippen LogP contribution in [0.3, 0.4) is 0 Å². The topological polar surface area (TPSA) is 32.3 Å². The van der Waals surface area contributed by atoms with Gasteiger partial charge in [-0.2, -0.15) is 0 Å². The van der Waals surface area contributed by atoms with Crippen molar-refractivity contribution in [1.29, 1.82) is 0 Å². The fraction of sp³-hybridized carbons (Fsp3) is 0.538. The van der Waals surface area contributed by atoms with Crippen LogP contribution in [0.1, 0.15) is 31.2 Å². The van der Waals surface area contributed by atoms with E-state index in [1.807, 2.05) is 12.1 Å². The van der Waals surface area contributed by atoms with Gasteiger partial charge in [0.1, 0.15) is 5.75 Å². The molecule has 0 aromatic heterocycles. The number of para-hydroxylation sites is 1. The molecule has 2 bridgehead atoms. The minimum atomic E-state index is 0.0776. The van der Waals surface area contributed by atoms with Gasteiger partial charge in [0.05, 0.1) is 0 Å². The monoisotopic (exact) mass is 203 g/mol. The van der Waals surface area contributed by atoms with E-state index in [4.69, 9.17) is 0 Å². The Morgan fingerprint density at radius 1 is 1.27 bits per heavy atom. The first kappa shape index (κ1) is 9.22. The highest BCUT2D eigenvalue weighted by molar-refractivity contribution is 5.39. The summed E-state index contributed by atoms with van der Waals surface area (Å²) in [5, 5.41) is 13.6. The van der Waals surface area contributed by atoms with Gasteiger partial charge in [-0.05, 0) is 44.2 Å². The van der Waals surface area contributed by atoms with E-state index in [1.165, 1.54) is 25.7 Å². The lowest BCUT2D eigenvalue weighted by Crippen LogP contribution is -2.43. The number of aromatic hydroxyl groups is 1. The number of phenols is 1. The summed E-state index contributed by atoms with van der Waals surface area (Å²) in [6.07, 6.45) is 4.98. The molecule has 80 valence electrons. The second-order valence-corrected chi connectivity index (χ2v) is 4.92. The molecule has 0 radical (unpaired) electrons. The minimum Gasteiger partial charge on any atom is -0.508 e. The van der Waals surface area contributed by atoms with Crippen molar-refractivity contribution in [3.8, 4) is 5.75 Å². The first-order chi connectivity index (χ1) is 7.30. The number of nitrogens with one attached hydrogen (secondary N) is 1. The van der Waals surface area contributed by atoms with Gasteiger partial charge in [0.2, 0.25) is 0 Å². The van der Waals surface area contributed by atoms with Gasteiger partial charge in [-0.1, -0.05) is 18.2 Å². The van der Waals surface area contributed by atoms with Crippen LogP contribution < -0.4 is 5.32 Å². The van der Waals surface area contributed by atoms with Crippen molar-refractivity contribution in [2.24, 2.45) is 5.92 Å². The van der Waals surface area contributed by atoms with Crippen molar-refractivity contribution in [2.45, 2.75) is 31.2 Å². The summed E-state index contributed by atoms with van der Waals surface area (Å²) in [6, 6.07) is 7.78. The molecule has 1 saturated heterocycles. The molecule has 1 aliphatic carbocycles. The van der Waals surface area contributed by atoms with E-state index in [-0.39, 0.29) is 5.54 Å². The van der Waals surface area contributed by atoms with Crippen molar-refractivity contribution in [3.05, 3.63) is 29.8 Å². The van der Waals surface area contributed by atoms with Gasteiger partial charge in [0.15, 0.2) is 0 Å². The highest BCUT2D eigenvalue weighted by Gasteiger charge is 2.44. The molecule has 1 saturated carbocycles. The zero-order chi connectivity index (χ0) is 10.3. The van der Waals surface area contributed by atoms with Crippen LogP contribution in [-0.4, -0.2) is 11.7 Å². The lowest BCUT2D eigenvalue weighted by molar-refractivity contribution is 0.267. The Kier molecular flexibility index (Phi) is 1.99.